The van der Waals surface area contributed by atoms with Gasteiger partial charge in [0.05, 0.1) is 25.8 Å². The standard InChI is InChI=1S/C19H29ClN4O/c1-15-5-7-24(8-6-15)19(21)22-14-18(23-9-11-25-12-10-23)16-3-2-4-17(20)13-16/h2-4,13,15,18H,5-12,14H2,1H3,(H2,21,22). The molecule has 3 rings (SSSR count). The van der Waals surface area contributed by atoms with E-state index in [0.717, 1.165) is 50.3 Å². The predicted molar refractivity (Wildman–Crippen MR) is 103 cm³/mol. The second kappa shape index (κ2) is 8.88. The van der Waals surface area contributed by atoms with Crippen molar-refractivity contribution in [3.8, 4) is 0 Å². The van der Waals surface area contributed by atoms with E-state index in [4.69, 9.17) is 27.1 Å². The Labute approximate surface area is 155 Å². The quantitative estimate of drug-likeness (QED) is 0.659. The third kappa shape index (κ3) is 5.09. The van der Waals surface area contributed by atoms with Crippen LogP contribution in [0.2, 0.25) is 5.02 Å². The summed E-state index contributed by atoms with van der Waals surface area (Å²) >= 11 is 6.21. The normalized spacial score (nSPS) is 22.2. The first-order chi connectivity index (χ1) is 12.1. The number of rotatable bonds is 4. The highest BCUT2D eigenvalue weighted by atomic mass is 35.5. The van der Waals surface area contributed by atoms with Crippen LogP contribution in [0.4, 0.5) is 0 Å². The Hall–Kier alpha value is -1.30. The summed E-state index contributed by atoms with van der Waals surface area (Å²) in [6.07, 6.45) is 2.38. The van der Waals surface area contributed by atoms with E-state index in [1.807, 2.05) is 18.2 Å². The number of morpholine rings is 1. The van der Waals surface area contributed by atoms with E-state index in [0.29, 0.717) is 12.5 Å². The van der Waals surface area contributed by atoms with E-state index < -0.39 is 0 Å². The Morgan fingerprint density at radius 2 is 2.00 bits per heavy atom. The third-order valence-corrected chi connectivity index (χ3v) is 5.49. The minimum absolute atomic E-state index is 0.185. The van der Waals surface area contributed by atoms with Crippen LogP contribution >= 0.6 is 11.6 Å². The molecule has 138 valence electrons. The van der Waals surface area contributed by atoms with Gasteiger partial charge in [-0.25, -0.2) is 0 Å². The fourth-order valence-corrected chi connectivity index (χ4v) is 3.75. The number of nitrogens with zero attached hydrogens (tertiary/aromatic N) is 3. The van der Waals surface area contributed by atoms with Gasteiger partial charge in [0.2, 0.25) is 0 Å². The summed E-state index contributed by atoms with van der Waals surface area (Å²) < 4.78 is 5.50. The smallest absolute Gasteiger partial charge is 0.191 e. The number of piperidine rings is 1. The lowest BCUT2D eigenvalue weighted by Gasteiger charge is -2.35. The fourth-order valence-electron chi connectivity index (χ4n) is 3.55. The molecule has 0 spiro atoms. The lowest BCUT2D eigenvalue weighted by Crippen LogP contribution is -2.44. The van der Waals surface area contributed by atoms with Gasteiger partial charge in [-0.2, -0.15) is 0 Å². The molecule has 1 aromatic carbocycles. The number of hydrogen-bond donors (Lipinski definition) is 1. The van der Waals surface area contributed by atoms with Gasteiger partial charge in [-0.1, -0.05) is 30.7 Å². The number of halogens is 1. The second-order valence-corrected chi connectivity index (χ2v) is 7.52. The minimum Gasteiger partial charge on any atom is -0.379 e. The Balaban J connectivity index is 1.71. The van der Waals surface area contributed by atoms with Crippen molar-refractivity contribution < 1.29 is 4.74 Å². The number of benzene rings is 1. The molecule has 2 N–H and O–H groups in total. The van der Waals surface area contributed by atoms with Crippen molar-refractivity contribution in [1.29, 1.82) is 0 Å². The van der Waals surface area contributed by atoms with Crippen LogP contribution in [0.3, 0.4) is 0 Å². The van der Waals surface area contributed by atoms with Crippen LogP contribution in [-0.4, -0.2) is 61.7 Å². The zero-order valence-corrected chi connectivity index (χ0v) is 15.8. The zero-order valence-electron chi connectivity index (χ0n) is 15.0. The number of guanidine groups is 1. The third-order valence-electron chi connectivity index (χ3n) is 5.25. The van der Waals surface area contributed by atoms with Gasteiger partial charge in [0.15, 0.2) is 5.96 Å². The maximum atomic E-state index is 6.29. The number of aliphatic imine (C=N–C) groups is 1. The van der Waals surface area contributed by atoms with Crippen LogP contribution < -0.4 is 5.73 Å². The van der Waals surface area contributed by atoms with Gasteiger partial charge in [-0.05, 0) is 36.5 Å². The number of ether oxygens (including phenoxy) is 1. The van der Waals surface area contributed by atoms with E-state index in [1.165, 1.54) is 18.4 Å². The molecule has 1 atom stereocenters. The van der Waals surface area contributed by atoms with Crippen molar-refractivity contribution in [3.63, 3.8) is 0 Å². The van der Waals surface area contributed by atoms with Crippen LogP contribution in [0.5, 0.6) is 0 Å². The highest BCUT2D eigenvalue weighted by molar-refractivity contribution is 6.30. The molecule has 25 heavy (non-hydrogen) atoms. The number of nitrogens with two attached hydrogens (primary N) is 1. The van der Waals surface area contributed by atoms with Gasteiger partial charge in [0.1, 0.15) is 0 Å². The lowest BCUT2D eigenvalue weighted by atomic mass is 10.00. The fraction of sp³-hybridized carbons (Fsp3) is 0.632. The summed E-state index contributed by atoms with van der Waals surface area (Å²) in [6.45, 7) is 8.32. The molecule has 2 saturated heterocycles. The Bertz CT molecular complexity index is 581. The summed E-state index contributed by atoms with van der Waals surface area (Å²) in [6, 6.07) is 8.26. The first kappa shape index (κ1) is 18.5. The Morgan fingerprint density at radius 1 is 1.28 bits per heavy atom. The predicted octanol–water partition coefficient (Wildman–Crippen LogP) is 2.76. The summed E-state index contributed by atoms with van der Waals surface area (Å²) in [5, 5.41) is 0.762. The molecule has 0 radical (unpaired) electrons. The highest BCUT2D eigenvalue weighted by Gasteiger charge is 2.23. The first-order valence-corrected chi connectivity index (χ1v) is 9.63. The SMILES string of the molecule is CC1CCN(C(N)=NCC(c2cccc(Cl)c2)N2CCOCC2)CC1. The molecule has 2 heterocycles. The zero-order chi connectivity index (χ0) is 17.6. The van der Waals surface area contributed by atoms with E-state index >= 15 is 0 Å². The molecule has 0 aliphatic carbocycles. The molecule has 2 fully saturated rings. The van der Waals surface area contributed by atoms with Crippen LogP contribution in [0.25, 0.3) is 0 Å². The lowest BCUT2D eigenvalue weighted by molar-refractivity contribution is 0.0179. The highest BCUT2D eigenvalue weighted by Crippen LogP contribution is 2.25. The van der Waals surface area contributed by atoms with Crippen molar-refractivity contribution >= 4 is 17.6 Å². The van der Waals surface area contributed by atoms with E-state index in [2.05, 4.69) is 22.8 Å². The Morgan fingerprint density at radius 3 is 2.68 bits per heavy atom. The molecule has 0 bridgehead atoms. The monoisotopic (exact) mass is 364 g/mol. The Kier molecular flexibility index (Phi) is 6.57. The van der Waals surface area contributed by atoms with Gasteiger partial charge in [0.25, 0.3) is 0 Å². The van der Waals surface area contributed by atoms with Crippen LogP contribution in [0, 0.1) is 5.92 Å². The average Bonchev–Trinajstić information content (AvgIpc) is 2.63. The maximum Gasteiger partial charge on any atom is 0.191 e. The topological polar surface area (TPSA) is 54.1 Å². The van der Waals surface area contributed by atoms with E-state index in [-0.39, 0.29) is 6.04 Å². The molecular formula is C19H29ClN4O. The summed E-state index contributed by atoms with van der Waals surface area (Å²) in [5.74, 6) is 1.46. The molecule has 0 aromatic heterocycles. The number of hydrogen-bond acceptors (Lipinski definition) is 3. The van der Waals surface area contributed by atoms with E-state index in [1.54, 1.807) is 0 Å². The summed E-state index contributed by atoms with van der Waals surface area (Å²) in [5.41, 5.74) is 7.48. The maximum absolute atomic E-state index is 6.29. The molecule has 5 nitrogen and oxygen atoms in total. The van der Waals surface area contributed by atoms with Crippen LogP contribution in [0.15, 0.2) is 29.3 Å². The largest absolute Gasteiger partial charge is 0.379 e. The van der Waals surface area contributed by atoms with Crippen molar-refractivity contribution in [3.05, 3.63) is 34.9 Å². The van der Waals surface area contributed by atoms with Crippen LogP contribution in [-0.2, 0) is 4.74 Å². The average molecular weight is 365 g/mol. The molecule has 6 heteroatoms. The molecule has 2 aliphatic heterocycles. The number of likely N-dealkylation sites (tertiary alicyclic amines) is 1. The van der Waals surface area contributed by atoms with Gasteiger partial charge in [-0.3, -0.25) is 9.89 Å². The second-order valence-electron chi connectivity index (χ2n) is 7.09. The van der Waals surface area contributed by atoms with E-state index in [9.17, 15) is 0 Å². The minimum atomic E-state index is 0.185. The van der Waals surface area contributed by atoms with Gasteiger partial charge in [-0.15, -0.1) is 0 Å². The van der Waals surface area contributed by atoms with Crippen molar-refractivity contribution in [2.75, 3.05) is 45.9 Å². The molecule has 1 aromatic rings. The summed E-state index contributed by atoms with van der Waals surface area (Å²) in [7, 11) is 0. The van der Waals surface area contributed by atoms with Crippen molar-refractivity contribution in [1.82, 2.24) is 9.80 Å². The summed E-state index contributed by atoms with van der Waals surface area (Å²) in [4.78, 5) is 9.39. The molecule has 1 unspecified atom stereocenters. The van der Waals surface area contributed by atoms with Gasteiger partial charge in [0, 0.05) is 31.2 Å². The first-order valence-electron chi connectivity index (χ1n) is 9.25. The van der Waals surface area contributed by atoms with Crippen molar-refractivity contribution in [2.45, 2.75) is 25.8 Å². The molecule has 2 aliphatic rings. The molecular weight excluding hydrogens is 336 g/mol. The van der Waals surface area contributed by atoms with Crippen LogP contribution in [0.1, 0.15) is 31.4 Å². The van der Waals surface area contributed by atoms with Gasteiger partial charge >= 0.3 is 0 Å². The van der Waals surface area contributed by atoms with Crippen molar-refractivity contribution in [2.24, 2.45) is 16.6 Å². The molecule has 0 saturated carbocycles. The van der Waals surface area contributed by atoms with Gasteiger partial charge < -0.3 is 15.4 Å². The molecule has 0 amide bonds.